The molecule has 0 aliphatic carbocycles. The van der Waals surface area contributed by atoms with Crippen LogP contribution in [-0.2, 0) is 4.79 Å². The molecule has 0 atom stereocenters. The summed E-state index contributed by atoms with van der Waals surface area (Å²) < 4.78 is 0. The molecule has 0 spiro atoms. The first-order valence-electron chi connectivity index (χ1n) is 5.35. The van der Waals surface area contributed by atoms with E-state index in [0.717, 1.165) is 11.1 Å². The van der Waals surface area contributed by atoms with Crippen molar-refractivity contribution >= 4 is 12.0 Å². The Morgan fingerprint density at radius 2 is 1.81 bits per heavy atom. The molecule has 3 heteroatoms. The number of carbonyl (C=O) groups is 1. The molecular formula is C13H16N2O. The number of hydrogen-bond donors (Lipinski definition) is 2. The average Bonchev–Trinajstić information content (AvgIpc) is 2.48. The van der Waals surface area contributed by atoms with E-state index < -0.39 is 0 Å². The summed E-state index contributed by atoms with van der Waals surface area (Å²) in [6.45, 7) is 6.00. The molecule has 2 rings (SSSR count). The monoisotopic (exact) mass is 216 g/mol. The van der Waals surface area contributed by atoms with E-state index in [-0.39, 0.29) is 11.4 Å². The number of nitrogens with one attached hydrogen (secondary N) is 2. The molecule has 0 bridgehead atoms. The second-order valence-electron chi connectivity index (χ2n) is 4.67. The van der Waals surface area contributed by atoms with Gasteiger partial charge in [-0.05, 0) is 32.4 Å². The fourth-order valence-electron chi connectivity index (χ4n) is 1.71. The van der Waals surface area contributed by atoms with E-state index in [2.05, 4.69) is 10.9 Å². The Morgan fingerprint density at radius 1 is 1.19 bits per heavy atom. The van der Waals surface area contributed by atoms with Gasteiger partial charge in [-0.2, -0.15) is 0 Å². The van der Waals surface area contributed by atoms with Crippen molar-refractivity contribution in [1.82, 2.24) is 10.9 Å². The van der Waals surface area contributed by atoms with Crippen LogP contribution in [0.3, 0.4) is 0 Å². The van der Waals surface area contributed by atoms with Crippen LogP contribution in [-0.4, -0.2) is 11.4 Å². The predicted octanol–water partition coefficient (Wildman–Crippen LogP) is 1.79. The maximum Gasteiger partial charge on any atom is 0.263 e. The van der Waals surface area contributed by atoms with Gasteiger partial charge in [0.1, 0.15) is 0 Å². The molecule has 84 valence electrons. The number of rotatable bonds is 1. The molecule has 1 saturated heterocycles. The van der Waals surface area contributed by atoms with Gasteiger partial charge < -0.3 is 0 Å². The van der Waals surface area contributed by atoms with E-state index in [1.807, 2.05) is 51.1 Å². The van der Waals surface area contributed by atoms with Crippen molar-refractivity contribution in [3.05, 3.63) is 41.0 Å². The Morgan fingerprint density at radius 3 is 2.31 bits per heavy atom. The molecule has 1 fully saturated rings. The quantitative estimate of drug-likeness (QED) is 0.703. The predicted molar refractivity (Wildman–Crippen MR) is 64.5 cm³/mol. The Balaban J connectivity index is 2.36. The SMILES string of the molecule is Cc1ccc(/C=C2\C(=O)NNC2(C)C)cc1. The number of amides is 1. The minimum absolute atomic E-state index is 0.0504. The average molecular weight is 216 g/mol. The summed E-state index contributed by atoms with van der Waals surface area (Å²) in [4.78, 5) is 11.6. The van der Waals surface area contributed by atoms with Gasteiger partial charge in [0.2, 0.25) is 0 Å². The summed E-state index contributed by atoms with van der Waals surface area (Å²) in [5.74, 6) is -0.0504. The molecule has 1 aromatic rings. The highest BCUT2D eigenvalue weighted by Crippen LogP contribution is 2.22. The van der Waals surface area contributed by atoms with Crippen LogP contribution in [0.5, 0.6) is 0 Å². The number of aryl methyl sites for hydroxylation is 1. The van der Waals surface area contributed by atoms with Crippen molar-refractivity contribution in [2.75, 3.05) is 0 Å². The van der Waals surface area contributed by atoms with Crippen LogP contribution >= 0.6 is 0 Å². The van der Waals surface area contributed by atoms with E-state index in [9.17, 15) is 4.79 Å². The van der Waals surface area contributed by atoms with Crippen molar-refractivity contribution in [1.29, 1.82) is 0 Å². The first-order valence-corrected chi connectivity index (χ1v) is 5.35. The zero-order chi connectivity index (χ0) is 11.8. The van der Waals surface area contributed by atoms with Gasteiger partial charge in [-0.25, -0.2) is 5.43 Å². The third kappa shape index (κ3) is 1.99. The van der Waals surface area contributed by atoms with Gasteiger partial charge in [-0.1, -0.05) is 29.8 Å². The third-order valence-corrected chi connectivity index (χ3v) is 2.79. The molecule has 16 heavy (non-hydrogen) atoms. The molecule has 0 saturated carbocycles. The second-order valence-corrected chi connectivity index (χ2v) is 4.67. The van der Waals surface area contributed by atoms with Gasteiger partial charge >= 0.3 is 0 Å². The second kappa shape index (κ2) is 3.76. The molecule has 0 unspecified atom stereocenters. The number of carbonyl (C=O) groups excluding carboxylic acids is 1. The smallest absolute Gasteiger partial charge is 0.263 e. The lowest BCUT2D eigenvalue weighted by Crippen LogP contribution is -2.38. The van der Waals surface area contributed by atoms with Crippen molar-refractivity contribution in [3.63, 3.8) is 0 Å². The highest BCUT2D eigenvalue weighted by atomic mass is 16.2. The standard InChI is InChI=1S/C13H16N2O/c1-9-4-6-10(7-5-9)8-11-12(16)14-15-13(11,2)3/h4-8,15H,1-3H3,(H,14,16)/b11-8+. The van der Waals surface area contributed by atoms with E-state index in [0.29, 0.717) is 0 Å². The summed E-state index contributed by atoms with van der Waals surface area (Å²) in [6.07, 6.45) is 1.93. The van der Waals surface area contributed by atoms with Gasteiger partial charge in [0.25, 0.3) is 5.91 Å². The van der Waals surface area contributed by atoms with Crippen LogP contribution in [0, 0.1) is 6.92 Å². The summed E-state index contributed by atoms with van der Waals surface area (Å²) in [7, 11) is 0. The first kappa shape index (κ1) is 10.9. The van der Waals surface area contributed by atoms with Gasteiger partial charge in [0, 0.05) is 5.57 Å². The Labute approximate surface area is 95.5 Å². The molecule has 0 aromatic heterocycles. The minimum atomic E-state index is -0.317. The van der Waals surface area contributed by atoms with E-state index in [4.69, 9.17) is 0 Å². The third-order valence-electron chi connectivity index (χ3n) is 2.79. The summed E-state index contributed by atoms with van der Waals surface area (Å²) >= 11 is 0. The van der Waals surface area contributed by atoms with E-state index in [1.165, 1.54) is 5.56 Å². The van der Waals surface area contributed by atoms with E-state index in [1.54, 1.807) is 0 Å². The van der Waals surface area contributed by atoms with Crippen LogP contribution in [0.2, 0.25) is 0 Å². The lowest BCUT2D eigenvalue weighted by molar-refractivity contribution is -0.116. The fourth-order valence-corrected chi connectivity index (χ4v) is 1.71. The summed E-state index contributed by atoms with van der Waals surface area (Å²) in [5, 5.41) is 0. The largest absolute Gasteiger partial charge is 0.287 e. The van der Waals surface area contributed by atoms with Crippen molar-refractivity contribution in [3.8, 4) is 0 Å². The fraction of sp³-hybridized carbons (Fsp3) is 0.308. The zero-order valence-corrected chi connectivity index (χ0v) is 9.79. The van der Waals surface area contributed by atoms with Crippen molar-refractivity contribution in [2.45, 2.75) is 26.3 Å². The maximum atomic E-state index is 11.6. The van der Waals surface area contributed by atoms with Gasteiger partial charge in [-0.15, -0.1) is 0 Å². The maximum absolute atomic E-state index is 11.6. The van der Waals surface area contributed by atoms with Crippen LogP contribution in [0.25, 0.3) is 6.08 Å². The van der Waals surface area contributed by atoms with Gasteiger partial charge in [0.05, 0.1) is 5.54 Å². The number of benzene rings is 1. The molecule has 3 nitrogen and oxygen atoms in total. The molecule has 1 amide bonds. The first-order chi connectivity index (χ1) is 7.49. The molecule has 0 radical (unpaired) electrons. The topological polar surface area (TPSA) is 41.1 Å². The minimum Gasteiger partial charge on any atom is -0.287 e. The molecule has 1 aromatic carbocycles. The Bertz CT molecular complexity index is 444. The molecule has 2 N–H and O–H groups in total. The van der Waals surface area contributed by atoms with Gasteiger partial charge in [0.15, 0.2) is 0 Å². The molecule has 1 aliphatic heterocycles. The normalized spacial score (nSPS) is 21.2. The van der Waals surface area contributed by atoms with Crippen LogP contribution in [0.1, 0.15) is 25.0 Å². The highest BCUT2D eigenvalue weighted by molar-refractivity contribution is 6.01. The van der Waals surface area contributed by atoms with Crippen molar-refractivity contribution < 1.29 is 4.79 Å². The van der Waals surface area contributed by atoms with E-state index >= 15 is 0 Å². The van der Waals surface area contributed by atoms with Crippen LogP contribution < -0.4 is 10.9 Å². The lowest BCUT2D eigenvalue weighted by Gasteiger charge is -2.16. The Kier molecular flexibility index (Phi) is 2.56. The van der Waals surface area contributed by atoms with Gasteiger partial charge in [-0.3, -0.25) is 10.2 Å². The molecule has 1 heterocycles. The van der Waals surface area contributed by atoms with Crippen LogP contribution in [0.15, 0.2) is 29.8 Å². The number of hydrogen-bond acceptors (Lipinski definition) is 2. The number of hydrazine groups is 1. The van der Waals surface area contributed by atoms with Crippen LogP contribution in [0.4, 0.5) is 0 Å². The molecular weight excluding hydrogens is 200 g/mol. The lowest BCUT2D eigenvalue weighted by atomic mass is 9.94. The Hall–Kier alpha value is -1.61. The zero-order valence-electron chi connectivity index (χ0n) is 9.79. The highest BCUT2D eigenvalue weighted by Gasteiger charge is 2.34. The summed E-state index contributed by atoms with van der Waals surface area (Å²) in [6, 6.07) is 8.12. The summed E-state index contributed by atoms with van der Waals surface area (Å²) in [5.41, 5.74) is 8.30. The molecule has 1 aliphatic rings. The van der Waals surface area contributed by atoms with Crippen molar-refractivity contribution in [2.24, 2.45) is 0 Å².